The minimum atomic E-state index is -0.436. The van der Waals surface area contributed by atoms with Crippen LogP contribution in [0.15, 0.2) is 36.8 Å². The maximum absolute atomic E-state index is 10.6. The van der Waals surface area contributed by atoms with Crippen molar-refractivity contribution in [3.8, 4) is 11.3 Å². The Labute approximate surface area is 107 Å². The summed E-state index contributed by atoms with van der Waals surface area (Å²) in [6, 6.07) is 8.27. The zero-order valence-corrected chi connectivity index (χ0v) is 11.0. The number of rotatable bonds is 2. The lowest BCUT2D eigenvalue weighted by atomic mass is 9.81. The molecule has 1 aromatic carbocycles. The predicted octanol–water partition coefficient (Wildman–Crippen LogP) is 2.64. The fourth-order valence-corrected chi connectivity index (χ4v) is 3.09. The number of aliphatic hydroxyl groups excluding tert-OH is 1. The van der Waals surface area contributed by atoms with Crippen LogP contribution in [-0.4, -0.2) is 20.8 Å². The Bertz CT molecular complexity index is 588. The van der Waals surface area contributed by atoms with Gasteiger partial charge in [0.1, 0.15) is 0 Å². The van der Waals surface area contributed by atoms with Gasteiger partial charge in [-0.1, -0.05) is 38.1 Å². The van der Waals surface area contributed by atoms with Crippen LogP contribution in [0.1, 0.15) is 26.3 Å². The molecule has 1 N–H and O–H groups in total. The van der Waals surface area contributed by atoms with Crippen molar-refractivity contribution in [3.63, 3.8) is 0 Å². The summed E-state index contributed by atoms with van der Waals surface area (Å²) in [6.07, 6.45) is 3.26. The molecule has 2 aromatic rings. The van der Waals surface area contributed by atoms with Gasteiger partial charge in [0.25, 0.3) is 0 Å². The van der Waals surface area contributed by atoms with Gasteiger partial charge in [0.2, 0.25) is 0 Å². The number of hydrogen-bond donors (Lipinski definition) is 1. The van der Waals surface area contributed by atoms with Crippen molar-refractivity contribution in [1.82, 2.24) is 9.55 Å². The Hall–Kier alpha value is -1.61. The molecule has 1 aliphatic rings. The van der Waals surface area contributed by atoms with Crippen LogP contribution >= 0.6 is 0 Å². The first-order chi connectivity index (χ1) is 8.56. The number of fused-ring (bicyclic) bond motifs is 3. The van der Waals surface area contributed by atoms with E-state index >= 15 is 0 Å². The first-order valence-corrected chi connectivity index (χ1v) is 6.37. The highest BCUT2D eigenvalue weighted by atomic mass is 16.3. The van der Waals surface area contributed by atoms with Crippen LogP contribution in [0.2, 0.25) is 0 Å². The second kappa shape index (κ2) is 3.69. The van der Waals surface area contributed by atoms with Crippen molar-refractivity contribution in [2.75, 3.05) is 0 Å². The number of aromatic nitrogens is 2. The summed E-state index contributed by atoms with van der Waals surface area (Å²) in [5, 5.41) is 10.6. The van der Waals surface area contributed by atoms with Crippen molar-refractivity contribution in [3.05, 3.63) is 42.4 Å². The normalized spacial score (nSPS) is 22.9. The van der Waals surface area contributed by atoms with Gasteiger partial charge in [-0.2, -0.15) is 0 Å². The Morgan fingerprint density at radius 2 is 2.00 bits per heavy atom. The minimum absolute atomic E-state index is 0.191. The largest absolute Gasteiger partial charge is 0.390 e. The van der Waals surface area contributed by atoms with E-state index in [1.165, 1.54) is 11.1 Å². The number of hydrogen-bond acceptors (Lipinski definition) is 2. The van der Waals surface area contributed by atoms with Crippen LogP contribution in [0.4, 0.5) is 0 Å². The average Bonchev–Trinajstić information content (AvgIpc) is 2.93. The van der Waals surface area contributed by atoms with Gasteiger partial charge in [-0.3, -0.25) is 0 Å². The van der Waals surface area contributed by atoms with Crippen molar-refractivity contribution < 1.29 is 5.11 Å². The van der Waals surface area contributed by atoms with E-state index in [0.29, 0.717) is 0 Å². The second-order valence-electron chi connectivity index (χ2n) is 5.53. The lowest BCUT2D eigenvalue weighted by molar-refractivity contribution is 0.0369. The molecule has 3 rings (SSSR count). The van der Waals surface area contributed by atoms with E-state index in [4.69, 9.17) is 0 Å². The number of aliphatic hydroxyl groups is 1. The molecule has 3 nitrogen and oxygen atoms in total. The van der Waals surface area contributed by atoms with Crippen LogP contribution in [0.3, 0.4) is 0 Å². The molecule has 2 unspecified atom stereocenters. The minimum Gasteiger partial charge on any atom is -0.390 e. The summed E-state index contributed by atoms with van der Waals surface area (Å²) in [4.78, 5) is 4.23. The lowest BCUT2D eigenvalue weighted by Gasteiger charge is -2.35. The zero-order valence-electron chi connectivity index (χ0n) is 11.0. The monoisotopic (exact) mass is 242 g/mol. The molecule has 0 radical (unpaired) electrons. The van der Waals surface area contributed by atoms with Gasteiger partial charge in [-0.15, -0.1) is 0 Å². The maximum Gasteiger partial charge on any atom is 0.0959 e. The molecule has 2 atom stereocenters. The van der Waals surface area contributed by atoms with E-state index in [1.54, 1.807) is 0 Å². The highest BCUT2D eigenvalue weighted by Gasteiger charge is 2.45. The summed E-state index contributed by atoms with van der Waals surface area (Å²) in [5.41, 5.74) is 3.03. The molecule has 1 aromatic heterocycles. The molecular weight excluding hydrogens is 224 g/mol. The van der Waals surface area contributed by atoms with Crippen molar-refractivity contribution in [1.29, 1.82) is 0 Å². The second-order valence-corrected chi connectivity index (χ2v) is 5.53. The smallest absolute Gasteiger partial charge is 0.0959 e. The van der Waals surface area contributed by atoms with E-state index in [9.17, 15) is 5.11 Å². The number of nitrogens with zero attached hydrogens (tertiary/aromatic N) is 2. The van der Waals surface area contributed by atoms with Crippen molar-refractivity contribution in [2.45, 2.75) is 32.4 Å². The summed E-state index contributed by atoms with van der Waals surface area (Å²) in [6.45, 7) is 6.19. The quantitative estimate of drug-likeness (QED) is 0.879. The third-order valence-electron chi connectivity index (χ3n) is 4.09. The van der Waals surface area contributed by atoms with Crippen molar-refractivity contribution in [2.24, 2.45) is 5.92 Å². The zero-order chi connectivity index (χ0) is 12.9. The van der Waals surface area contributed by atoms with Crippen LogP contribution < -0.4 is 0 Å². The fourth-order valence-electron chi connectivity index (χ4n) is 3.09. The molecule has 18 heavy (non-hydrogen) atoms. The van der Waals surface area contributed by atoms with Gasteiger partial charge in [0, 0.05) is 5.56 Å². The van der Waals surface area contributed by atoms with Crippen LogP contribution in [0.25, 0.3) is 11.3 Å². The summed E-state index contributed by atoms with van der Waals surface area (Å²) >= 11 is 0. The topological polar surface area (TPSA) is 38.1 Å². The molecular formula is C15H18N2O. The Balaban J connectivity index is 2.28. The van der Waals surface area contributed by atoms with E-state index in [1.807, 2.05) is 38.5 Å². The molecule has 0 bridgehead atoms. The van der Waals surface area contributed by atoms with Gasteiger partial charge in [-0.05, 0) is 18.4 Å². The molecule has 1 aliphatic heterocycles. The fraction of sp³-hybridized carbons (Fsp3) is 0.400. The van der Waals surface area contributed by atoms with Crippen LogP contribution in [0, 0.1) is 5.92 Å². The van der Waals surface area contributed by atoms with Gasteiger partial charge >= 0.3 is 0 Å². The lowest BCUT2D eigenvalue weighted by Crippen LogP contribution is -2.43. The van der Waals surface area contributed by atoms with Crippen LogP contribution in [-0.2, 0) is 5.54 Å². The van der Waals surface area contributed by atoms with E-state index in [2.05, 4.69) is 28.6 Å². The highest BCUT2D eigenvalue weighted by molar-refractivity contribution is 5.70. The maximum atomic E-state index is 10.6. The molecule has 0 saturated heterocycles. The van der Waals surface area contributed by atoms with E-state index in [-0.39, 0.29) is 5.92 Å². The van der Waals surface area contributed by atoms with E-state index < -0.39 is 11.6 Å². The van der Waals surface area contributed by atoms with Crippen LogP contribution in [0.5, 0.6) is 0 Å². The average molecular weight is 242 g/mol. The predicted molar refractivity (Wildman–Crippen MR) is 71.3 cm³/mol. The summed E-state index contributed by atoms with van der Waals surface area (Å²) in [7, 11) is 0. The third-order valence-corrected chi connectivity index (χ3v) is 4.09. The molecule has 2 heterocycles. The molecule has 0 fully saturated rings. The van der Waals surface area contributed by atoms with Gasteiger partial charge in [-0.25, -0.2) is 4.98 Å². The van der Waals surface area contributed by atoms with E-state index in [0.717, 1.165) is 5.69 Å². The molecule has 3 heteroatoms. The van der Waals surface area contributed by atoms with Crippen molar-refractivity contribution >= 4 is 0 Å². The Kier molecular flexibility index (Phi) is 2.35. The molecule has 94 valence electrons. The molecule has 0 amide bonds. The Morgan fingerprint density at radius 3 is 2.72 bits per heavy atom. The number of benzene rings is 1. The molecule has 0 spiro atoms. The number of imidazole rings is 1. The van der Waals surface area contributed by atoms with Gasteiger partial charge < -0.3 is 9.67 Å². The molecule has 0 aliphatic carbocycles. The first kappa shape index (κ1) is 11.5. The highest BCUT2D eigenvalue weighted by Crippen LogP contribution is 2.46. The first-order valence-electron chi connectivity index (χ1n) is 6.37. The SMILES string of the molecule is CC(C)C(O)C1(C)c2ccccc2-c2cncn21. The molecule has 0 saturated carbocycles. The standard InChI is InChI=1S/C15H18N2O/c1-10(2)14(18)15(3)12-7-5-4-6-11(12)13-8-16-9-17(13)15/h4-10,14,18H,1-3H3. The Morgan fingerprint density at radius 1 is 1.28 bits per heavy atom. The summed E-state index contributed by atoms with van der Waals surface area (Å²) < 4.78 is 2.10. The third kappa shape index (κ3) is 1.25. The summed E-state index contributed by atoms with van der Waals surface area (Å²) in [5.74, 6) is 0.191. The van der Waals surface area contributed by atoms with Gasteiger partial charge in [0.15, 0.2) is 0 Å². The van der Waals surface area contributed by atoms with Gasteiger partial charge in [0.05, 0.1) is 29.9 Å².